The summed E-state index contributed by atoms with van der Waals surface area (Å²) in [7, 11) is 0. The van der Waals surface area contributed by atoms with Crippen molar-refractivity contribution in [3.05, 3.63) is 35.5 Å². The highest BCUT2D eigenvalue weighted by Crippen LogP contribution is 2.58. The zero-order valence-corrected chi connectivity index (χ0v) is 20.8. The van der Waals surface area contributed by atoms with Crippen LogP contribution in [-0.4, -0.2) is 58.9 Å². The standard InChI is InChI=1S/C27H44N2OS/c1-4-31-29-19-17-28(18-20-29)16-14-24-12-13-25-23(8-6-15-27(24,25)3)11-10-22-7-5-9-26(30)21(22)2/h10-11,24-26,30H,2,4-9,12-20H2,1,3H3/b22-10-,23-11+/t24-,25?,26?,27?/m1/s1. The van der Waals surface area contributed by atoms with Crippen LogP contribution in [0.5, 0.6) is 0 Å². The first-order valence-corrected chi connectivity index (χ1v) is 13.8. The van der Waals surface area contributed by atoms with Gasteiger partial charge in [-0.25, -0.2) is 4.31 Å². The number of fused-ring (bicyclic) bond motifs is 1. The second-order valence-electron chi connectivity index (χ2n) is 10.5. The Morgan fingerprint density at radius 2 is 1.90 bits per heavy atom. The first-order chi connectivity index (χ1) is 15.0. The van der Waals surface area contributed by atoms with Crippen molar-refractivity contribution in [2.75, 3.05) is 38.5 Å². The number of aliphatic hydroxyl groups is 1. The molecule has 174 valence electrons. The van der Waals surface area contributed by atoms with Crippen molar-refractivity contribution in [3.8, 4) is 0 Å². The average Bonchev–Trinajstić information content (AvgIpc) is 3.11. The van der Waals surface area contributed by atoms with Gasteiger partial charge in [-0.2, -0.15) is 0 Å². The van der Waals surface area contributed by atoms with Gasteiger partial charge < -0.3 is 10.0 Å². The quantitative estimate of drug-likeness (QED) is 0.521. The summed E-state index contributed by atoms with van der Waals surface area (Å²) in [6.07, 6.45) is 15.6. The molecule has 4 aliphatic rings. The van der Waals surface area contributed by atoms with Gasteiger partial charge in [0.05, 0.1) is 6.10 Å². The summed E-state index contributed by atoms with van der Waals surface area (Å²) in [6, 6.07) is 0. The Morgan fingerprint density at radius 1 is 1.10 bits per heavy atom. The van der Waals surface area contributed by atoms with Crippen molar-refractivity contribution >= 4 is 11.9 Å². The van der Waals surface area contributed by atoms with E-state index in [2.05, 4.69) is 41.8 Å². The molecule has 31 heavy (non-hydrogen) atoms. The molecule has 1 N–H and O–H groups in total. The lowest BCUT2D eigenvalue weighted by Gasteiger charge is -2.43. The van der Waals surface area contributed by atoms with Crippen LogP contribution in [0, 0.1) is 17.3 Å². The Labute approximate surface area is 195 Å². The zero-order chi connectivity index (χ0) is 21.8. The second kappa shape index (κ2) is 10.6. The van der Waals surface area contributed by atoms with E-state index in [0.29, 0.717) is 5.41 Å². The number of rotatable bonds is 6. The smallest absolute Gasteiger partial charge is 0.0787 e. The van der Waals surface area contributed by atoms with E-state index in [0.717, 1.165) is 36.7 Å². The van der Waals surface area contributed by atoms with Gasteiger partial charge in [-0.05, 0) is 92.7 Å². The summed E-state index contributed by atoms with van der Waals surface area (Å²) in [5.74, 6) is 2.84. The molecule has 0 aromatic carbocycles. The van der Waals surface area contributed by atoms with Crippen LogP contribution in [0.2, 0.25) is 0 Å². The van der Waals surface area contributed by atoms with E-state index in [-0.39, 0.29) is 6.10 Å². The highest BCUT2D eigenvalue weighted by atomic mass is 32.2. The van der Waals surface area contributed by atoms with Gasteiger partial charge in [0.25, 0.3) is 0 Å². The van der Waals surface area contributed by atoms with Gasteiger partial charge in [-0.3, -0.25) is 0 Å². The van der Waals surface area contributed by atoms with Crippen LogP contribution in [0.25, 0.3) is 0 Å². The van der Waals surface area contributed by atoms with Gasteiger partial charge >= 0.3 is 0 Å². The molecule has 0 bridgehead atoms. The third kappa shape index (κ3) is 5.34. The molecule has 3 aliphatic carbocycles. The molecule has 3 saturated carbocycles. The van der Waals surface area contributed by atoms with Crippen LogP contribution in [0.4, 0.5) is 0 Å². The Bertz CT molecular complexity index is 693. The summed E-state index contributed by atoms with van der Waals surface area (Å²) < 4.78 is 2.55. The number of hydrogen-bond acceptors (Lipinski definition) is 4. The first kappa shape index (κ1) is 23.6. The molecular formula is C27H44N2OS. The van der Waals surface area contributed by atoms with Gasteiger partial charge in [0, 0.05) is 31.9 Å². The minimum absolute atomic E-state index is 0.326. The molecule has 0 radical (unpaired) electrons. The van der Waals surface area contributed by atoms with Crippen molar-refractivity contribution in [1.29, 1.82) is 0 Å². The molecule has 0 amide bonds. The van der Waals surface area contributed by atoms with E-state index in [4.69, 9.17) is 0 Å². The molecule has 0 aromatic rings. The molecule has 1 aliphatic heterocycles. The lowest BCUT2D eigenvalue weighted by Crippen LogP contribution is -2.44. The average molecular weight is 445 g/mol. The lowest BCUT2D eigenvalue weighted by molar-refractivity contribution is 0.109. The van der Waals surface area contributed by atoms with E-state index in [9.17, 15) is 5.11 Å². The minimum Gasteiger partial charge on any atom is -0.388 e. The predicted octanol–water partition coefficient (Wildman–Crippen LogP) is 5.83. The van der Waals surface area contributed by atoms with Gasteiger partial charge in [-0.15, -0.1) is 0 Å². The SMILES string of the molecule is C=C1/C(=C\C=C2/CCCC3(C)C2CC[C@@H]3CCN2CCN(SCC)CC2)CCCC1O. The van der Waals surface area contributed by atoms with Gasteiger partial charge in [0.1, 0.15) is 0 Å². The zero-order valence-electron chi connectivity index (χ0n) is 20.0. The highest BCUT2D eigenvalue weighted by Gasteiger charge is 2.48. The topological polar surface area (TPSA) is 26.7 Å². The van der Waals surface area contributed by atoms with Crippen LogP contribution in [0.3, 0.4) is 0 Å². The summed E-state index contributed by atoms with van der Waals surface area (Å²) >= 11 is 2.00. The summed E-state index contributed by atoms with van der Waals surface area (Å²) in [5.41, 5.74) is 4.42. The predicted molar refractivity (Wildman–Crippen MR) is 134 cm³/mol. The number of nitrogens with zero attached hydrogens (tertiary/aromatic N) is 2. The van der Waals surface area contributed by atoms with Crippen LogP contribution in [0.15, 0.2) is 35.5 Å². The van der Waals surface area contributed by atoms with Crippen LogP contribution in [0.1, 0.15) is 71.6 Å². The normalized spacial score (nSPS) is 38.2. The third-order valence-electron chi connectivity index (χ3n) is 8.83. The summed E-state index contributed by atoms with van der Waals surface area (Å²) in [4.78, 5) is 2.72. The van der Waals surface area contributed by atoms with Crippen molar-refractivity contribution in [1.82, 2.24) is 9.21 Å². The van der Waals surface area contributed by atoms with Crippen LogP contribution >= 0.6 is 11.9 Å². The third-order valence-corrected chi connectivity index (χ3v) is 9.82. The Balaban J connectivity index is 1.35. The maximum absolute atomic E-state index is 10.1. The minimum atomic E-state index is -0.326. The second-order valence-corrected chi connectivity index (χ2v) is 11.9. The van der Waals surface area contributed by atoms with Gasteiger partial charge in [-0.1, -0.05) is 50.1 Å². The van der Waals surface area contributed by atoms with Crippen molar-refractivity contribution < 1.29 is 5.11 Å². The molecular weight excluding hydrogens is 400 g/mol. The van der Waals surface area contributed by atoms with Gasteiger partial charge in [0.2, 0.25) is 0 Å². The van der Waals surface area contributed by atoms with Crippen molar-refractivity contribution in [2.45, 2.75) is 77.7 Å². The fourth-order valence-corrected chi connectivity index (χ4v) is 7.64. The fraction of sp³-hybridized carbons (Fsp3) is 0.778. The molecule has 1 saturated heterocycles. The highest BCUT2D eigenvalue weighted by molar-refractivity contribution is 7.96. The molecule has 4 heteroatoms. The molecule has 1 heterocycles. The Kier molecular flexibility index (Phi) is 8.06. The Morgan fingerprint density at radius 3 is 2.68 bits per heavy atom. The number of piperazine rings is 1. The van der Waals surface area contributed by atoms with E-state index >= 15 is 0 Å². The van der Waals surface area contributed by atoms with Crippen LogP contribution < -0.4 is 0 Å². The molecule has 4 atom stereocenters. The molecule has 0 aromatic heterocycles. The number of aliphatic hydroxyl groups excluding tert-OH is 1. The first-order valence-electron chi connectivity index (χ1n) is 12.9. The molecule has 0 spiro atoms. The van der Waals surface area contributed by atoms with E-state index in [1.54, 1.807) is 5.57 Å². The van der Waals surface area contributed by atoms with Crippen molar-refractivity contribution in [3.63, 3.8) is 0 Å². The summed E-state index contributed by atoms with van der Waals surface area (Å²) in [5, 5.41) is 10.1. The molecule has 4 fully saturated rings. The summed E-state index contributed by atoms with van der Waals surface area (Å²) in [6.45, 7) is 15.3. The molecule has 4 rings (SSSR count). The number of allylic oxidation sites excluding steroid dienone is 3. The van der Waals surface area contributed by atoms with E-state index in [1.165, 1.54) is 82.6 Å². The lowest BCUT2D eigenvalue weighted by atomic mass is 9.63. The van der Waals surface area contributed by atoms with Crippen LogP contribution in [-0.2, 0) is 0 Å². The molecule has 3 unspecified atom stereocenters. The fourth-order valence-electron chi connectivity index (χ4n) is 6.86. The van der Waals surface area contributed by atoms with E-state index < -0.39 is 0 Å². The monoisotopic (exact) mass is 444 g/mol. The van der Waals surface area contributed by atoms with Crippen molar-refractivity contribution in [2.24, 2.45) is 17.3 Å². The largest absolute Gasteiger partial charge is 0.388 e. The number of hydrogen-bond donors (Lipinski definition) is 1. The maximum atomic E-state index is 10.1. The Hall–Kier alpha value is -0.550. The maximum Gasteiger partial charge on any atom is 0.0787 e. The van der Waals surface area contributed by atoms with E-state index in [1.807, 2.05) is 11.9 Å². The molecule has 3 nitrogen and oxygen atoms in total. The van der Waals surface area contributed by atoms with Gasteiger partial charge in [0.15, 0.2) is 0 Å².